The third kappa shape index (κ3) is 9.51. The fourth-order valence-electron chi connectivity index (χ4n) is 4.48. The Morgan fingerprint density at radius 3 is 2.21 bits per heavy atom. The molecule has 1 saturated heterocycles. The normalized spacial score (nSPS) is 17.1. The number of ketones is 1. The van der Waals surface area contributed by atoms with Gasteiger partial charge in [0.25, 0.3) is 0 Å². The second-order valence-corrected chi connectivity index (χ2v) is 10.8. The van der Waals surface area contributed by atoms with Crippen LogP contribution < -0.4 is 4.90 Å². The maximum atomic E-state index is 13.4. The molecule has 1 fully saturated rings. The Labute approximate surface area is 233 Å². The number of rotatable bonds is 9. The Kier molecular flexibility index (Phi) is 13.8. The van der Waals surface area contributed by atoms with Crippen LogP contribution in [0.1, 0.15) is 37.6 Å². The first-order valence-corrected chi connectivity index (χ1v) is 14.8. The fourth-order valence-corrected chi connectivity index (χ4v) is 6.13. The Morgan fingerprint density at radius 1 is 0.949 bits per heavy atom. The lowest BCUT2D eigenvalue weighted by atomic mass is 10.1. The molecule has 2 heterocycles. The molecule has 0 bridgehead atoms. The number of anilines is 1. The van der Waals surface area contributed by atoms with Crippen LogP contribution in [0.3, 0.4) is 0 Å². The van der Waals surface area contributed by atoms with Gasteiger partial charge >= 0.3 is 0 Å². The van der Waals surface area contributed by atoms with E-state index in [-0.39, 0.29) is 34.9 Å². The highest BCUT2D eigenvalue weighted by Crippen LogP contribution is 2.26. The topological polar surface area (TPSA) is 79.4 Å². The minimum Gasteiger partial charge on any atom is -0.369 e. The Balaban J connectivity index is 0.000000460. The summed E-state index contributed by atoms with van der Waals surface area (Å²) in [5.41, 5.74) is 1.18. The van der Waals surface area contributed by atoms with Gasteiger partial charge in [0.2, 0.25) is 10.0 Å². The second-order valence-electron chi connectivity index (χ2n) is 8.90. The number of hydrogen-bond acceptors (Lipinski definition) is 7. The Hall–Kier alpha value is -2.63. The van der Waals surface area contributed by atoms with Gasteiger partial charge in [-0.2, -0.15) is 4.31 Å². The molecule has 216 valence electrons. The molecule has 2 aromatic rings. The first kappa shape index (κ1) is 32.6. The number of carbonyl (C=O) groups is 1. The number of Topliss-reactive ketones (excluding diaryl/α,β-unsaturated/α-hetero) is 1. The van der Waals surface area contributed by atoms with Crippen molar-refractivity contribution in [2.24, 2.45) is 0 Å². The van der Waals surface area contributed by atoms with Crippen molar-refractivity contribution in [3.05, 3.63) is 73.1 Å². The smallest absolute Gasteiger partial charge is 0.244 e. The zero-order chi connectivity index (χ0) is 28.8. The molecule has 0 N–H and O–H groups in total. The van der Waals surface area contributed by atoms with Gasteiger partial charge in [0.05, 0.1) is 11.4 Å². The molecule has 10 heteroatoms. The van der Waals surface area contributed by atoms with Gasteiger partial charge in [-0.25, -0.2) is 12.8 Å². The molecule has 2 aromatic carbocycles. The predicted molar refractivity (Wildman–Crippen MR) is 153 cm³/mol. The van der Waals surface area contributed by atoms with Gasteiger partial charge in [0.15, 0.2) is 12.1 Å². The van der Waals surface area contributed by atoms with E-state index in [1.54, 1.807) is 30.3 Å². The minimum atomic E-state index is -3.62. The summed E-state index contributed by atoms with van der Waals surface area (Å²) in [7, 11) is -3.62. The zero-order valence-corrected chi connectivity index (χ0v) is 24.2. The van der Waals surface area contributed by atoms with Crippen molar-refractivity contribution in [3.63, 3.8) is 0 Å². The van der Waals surface area contributed by atoms with Crippen molar-refractivity contribution in [1.29, 1.82) is 0 Å². The minimum absolute atomic E-state index is 0.0370. The quantitative estimate of drug-likeness (QED) is 0.330. The van der Waals surface area contributed by atoms with Crippen LogP contribution in [0.25, 0.3) is 0 Å². The van der Waals surface area contributed by atoms with Crippen LogP contribution >= 0.6 is 0 Å². The summed E-state index contributed by atoms with van der Waals surface area (Å²) < 4.78 is 50.4. The number of nitrogens with zero attached hydrogens (tertiary/aromatic N) is 3. The van der Waals surface area contributed by atoms with Crippen LogP contribution in [0.5, 0.6) is 0 Å². The van der Waals surface area contributed by atoms with Gasteiger partial charge in [-0.15, -0.1) is 13.2 Å². The van der Waals surface area contributed by atoms with Crippen molar-refractivity contribution in [2.45, 2.75) is 38.4 Å². The van der Waals surface area contributed by atoms with Crippen molar-refractivity contribution in [1.82, 2.24) is 9.21 Å². The van der Waals surface area contributed by atoms with E-state index in [9.17, 15) is 17.6 Å². The highest BCUT2D eigenvalue weighted by molar-refractivity contribution is 7.89. The van der Waals surface area contributed by atoms with E-state index in [1.807, 2.05) is 26.8 Å². The van der Waals surface area contributed by atoms with Gasteiger partial charge in [-0.1, -0.05) is 18.2 Å². The van der Waals surface area contributed by atoms with E-state index in [0.29, 0.717) is 13.0 Å². The van der Waals surface area contributed by atoms with Crippen molar-refractivity contribution >= 4 is 21.5 Å². The van der Waals surface area contributed by atoms with E-state index in [1.165, 1.54) is 16.4 Å². The first-order chi connectivity index (χ1) is 18.8. The molecule has 0 aromatic heterocycles. The van der Waals surface area contributed by atoms with Crippen LogP contribution in [-0.2, 0) is 19.5 Å². The molecule has 0 amide bonds. The molecule has 4 rings (SSSR count). The van der Waals surface area contributed by atoms with E-state index in [2.05, 4.69) is 23.0 Å². The fraction of sp³-hybridized carbons (Fsp3) is 0.483. The maximum absolute atomic E-state index is 13.4. The molecular formula is C29H42FN3O5S. The van der Waals surface area contributed by atoms with E-state index in [4.69, 9.17) is 9.47 Å². The number of piperazine rings is 1. The number of benzene rings is 2. The van der Waals surface area contributed by atoms with Crippen LogP contribution in [0.15, 0.2) is 66.6 Å². The predicted octanol–water partition coefficient (Wildman–Crippen LogP) is 4.43. The average Bonchev–Trinajstić information content (AvgIpc) is 2.94. The molecule has 0 spiro atoms. The summed E-state index contributed by atoms with van der Waals surface area (Å²) in [5, 5.41) is 0. The highest BCUT2D eigenvalue weighted by atomic mass is 32.2. The van der Waals surface area contributed by atoms with E-state index in [0.717, 1.165) is 51.6 Å². The monoisotopic (exact) mass is 563 g/mol. The van der Waals surface area contributed by atoms with Gasteiger partial charge in [0, 0.05) is 57.2 Å². The SMILES string of the molecule is C=C.CCOC(C)OCC.O=C1CN(CCCN2CCN(c3cccc(F)c3)CC2)S(=O)(=O)c2ccccc21. The van der Waals surface area contributed by atoms with E-state index < -0.39 is 10.0 Å². The summed E-state index contributed by atoms with van der Waals surface area (Å²) in [6.45, 7) is 17.5. The van der Waals surface area contributed by atoms with Gasteiger partial charge in [0.1, 0.15) is 5.82 Å². The summed E-state index contributed by atoms with van der Waals surface area (Å²) in [5.74, 6) is -0.386. The number of ether oxygens (including phenoxy) is 2. The standard InChI is InChI=1S/C21H24FN3O3S.C6H14O2.C2H4/c22-17-5-3-6-18(15-17)24-13-11-23(12-14-24)9-4-10-25-16-20(26)19-7-1-2-8-21(19)29(25,27)28;1-4-7-6(3)8-5-2;1-2/h1-3,5-8,15H,4,9-14,16H2;6H,4-5H2,1-3H3;1-2H2. The van der Waals surface area contributed by atoms with Gasteiger partial charge < -0.3 is 14.4 Å². The summed E-state index contributed by atoms with van der Waals surface area (Å²) in [4.78, 5) is 16.8. The van der Waals surface area contributed by atoms with Gasteiger partial charge in [-0.05, 0) is 64.1 Å². The second kappa shape index (κ2) is 16.5. The van der Waals surface area contributed by atoms with E-state index >= 15 is 0 Å². The molecule has 2 aliphatic heterocycles. The summed E-state index contributed by atoms with van der Waals surface area (Å²) >= 11 is 0. The third-order valence-corrected chi connectivity index (χ3v) is 8.26. The van der Waals surface area contributed by atoms with Crippen LogP contribution in [0.2, 0.25) is 0 Å². The number of fused-ring (bicyclic) bond motifs is 1. The lowest BCUT2D eigenvalue weighted by Gasteiger charge is -2.36. The number of hydrogen-bond donors (Lipinski definition) is 0. The van der Waals surface area contributed by atoms with Crippen LogP contribution in [0, 0.1) is 5.82 Å². The third-order valence-electron chi connectivity index (χ3n) is 6.36. The van der Waals surface area contributed by atoms with Crippen molar-refractivity contribution in [2.75, 3.05) is 63.9 Å². The summed E-state index contributed by atoms with van der Waals surface area (Å²) in [6, 6.07) is 13.0. The number of halogens is 1. The lowest BCUT2D eigenvalue weighted by molar-refractivity contribution is -0.123. The zero-order valence-electron chi connectivity index (χ0n) is 23.4. The Morgan fingerprint density at radius 2 is 1.59 bits per heavy atom. The number of sulfonamides is 1. The van der Waals surface area contributed by atoms with Crippen molar-refractivity contribution in [3.8, 4) is 0 Å². The molecule has 2 aliphatic rings. The Bertz CT molecular complexity index is 1130. The first-order valence-electron chi connectivity index (χ1n) is 13.3. The molecule has 0 radical (unpaired) electrons. The molecule has 39 heavy (non-hydrogen) atoms. The molecule has 8 nitrogen and oxygen atoms in total. The van der Waals surface area contributed by atoms with Crippen LogP contribution in [-0.4, -0.2) is 88.7 Å². The lowest BCUT2D eigenvalue weighted by Crippen LogP contribution is -2.47. The maximum Gasteiger partial charge on any atom is 0.244 e. The highest BCUT2D eigenvalue weighted by Gasteiger charge is 2.35. The van der Waals surface area contributed by atoms with Gasteiger partial charge in [-0.3, -0.25) is 9.69 Å². The van der Waals surface area contributed by atoms with Crippen LogP contribution in [0.4, 0.5) is 10.1 Å². The molecular weight excluding hydrogens is 521 g/mol. The average molecular weight is 564 g/mol. The largest absolute Gasteiger partial charge is 0.369 e. The molecule has 0 atom stereocenters. The molecule has 0 aliphatic carbocycles. The molecule has 0 unspecified atom stereocenters. The number of carbonyl (C=O) groups excluding carboxylic acids is 1. The van der Waals surface area contributed by atoms with Crippen molar-refractivity contribution < 1.29 is 27.1 Å². The molecule has 0 saturated carbocycles. The summed E-state index contributed by atoms with van der Waals surface area (Å²) in [6.07, 6.45) is 0.624.